The third-order valence-electron chi connectivity index (χ3n) is 5.10. The molecule has 3 aromatic rings. The summed E-state index contributed by atoms with van der Waals surface area (Å²) in [4.78, 5) is 18.2. The van der Waals surface area contributed by atoms with Crippen molar-refractivity contribution in [3.63, 3.8) is 0 Å². The van der Waals surface area contributed by atoms with Crippen LogP contribution in [-0.2, 0) is 6.42 Å². The zero-order chi connectivity index (χ0) is 19.4. The number of methoxy groups -OCH3 is 2. The Kier molecular flexibility index (Phi) is 5.81. The molecule has 0 aliphatic rings. The topological polar surface area (TPSA) is 54.6 Å². The molecule has 0 amide bonds. The van der Waals surface area contributed by atoms with E-state index in [1.54, 1.807) is 14.2 Å². The zero-order valence-corrected chi connectivity index (χ0v) is 16.3. The van der Waals surface area contributed by atoms with Gasteiger partial charge in [0.25, 0.3) is 0 Å². The van der Waals surface area contributed by atoms with Crippen molar-refractivity contribution in [1.82, 2.24) is 9.88 Å². The van der Waals surface area contributed by atoms with Gasteiger partial charge in [0.15, 0.2) is 17.3 Å². The first-order valence-corrected chi connectivity index (χ1v) is 9.06. The average Bonchev–Trinajstić information content (AvgIpc) is 3.14. The molecule has 1 aromatic heterocycles. The molecule has 1 N–H and O–H groups in total. The van der Waals surface area contributed by atoms with Crippen LogP contribution in [0.4, 0.5) is 0 Å². The molecule has 0 aliphatic heterocycles. The van der Waals surface area contributed by atoms with Gasteiger partial charge in [-0.3, -0.25) is 9.69 Å². The van der Waals surface area contributed by atoms with Crippen LogP contribution in [0, 0.1) is 0 Å². The van der Waals surface area contributed by atoms with Crippen molar-refractivity contribution in [3.05, 3.63) is 59.8 Å². The van der Waals surface area contributed by atoms with E-state index in [-0.39, 0.29) is 11.8 Å². The molecule has 0 spiro atoms. The number of carbonyl (C=O) groups is 1. The maximum Gasteiger partial charge on any atom is 0.181 e. The van der Waals surface area contributed by atoms with E-state index in [1.165, 1.54) is 0 Å². The summed E-state index contributed by atoms with van der Waals surface area (Å²) in [6, 6.07) is 13.6. The molecule has 0 radical (unpaired) electrons. The number of aromatic nitrogens is 1. The lowest BCUT2D eigenvalue weighted by Crippen LogP contribution is -2.37. The lowest BCUT2D eigenvalue weighted by molar-refractivity contribution is 0.0871. The number of rotatable bonds is 8. The van der Waals surface area contributed by atoms with Crippen LogP contribution in [0.1, 0.15) is 22.8 Å². The Balaban J connectivity index is 1.67. The summed E-state index contributed by atoms with van der Waals surface area (Å²) in [6.45, 7) is 2.73. The van der Waals surface area contributed by atoms with Crippen LogP contribution in [0.25, 0.3) is 10.9 Å². The molecule has 1 heterocycles. The minimum atomic E-state index is -0.204. The van der Waals surface area contributed by atoms with Crippen molar-refractivity contribution in [2.45, 2.75) is 19.4 Å². The summed E-state index contributed by atoms with van der Waals surface area (Å²) in [5.74, 6) is 1.57. The summed E-state index contributed by atoms with van der Waals surface area (Å²) >= 11 is 0. The molecule has 5 nitrogen and oxygen atoms in total. The van der Waals surface area contributed by atoms with E-state index in [0.29, 0.717) is 0 Å². The number of nitrogens with one attached hydrogen (secondary N) is 1. The Hall–Kier alpha value is -2.79. The van der Waals surface area contributed by atoms with Crippen LogP contribution in [0.2, 0.25) is 0 Å². The summed E-state index contributed by atoms with van der Waals surface area (Å²) in [6.07, 6.45) is 2.63. The van der Waals surface area contributed by atoms with Gasteiger partial charge in [-0.05, 0) is 44.2 Å². The highest BCUT2D eigenvalue weighted by molar-refractivity contribution is 6.10. The average molecular weight is 366 g/mol. The van der Waals surface area contributed by atoms with E-state index in [9.17, 15) is 4.79 Å². The molecule has 3 rings (SSSR count). The number of para-hydroxylation sites is 1. The van der Waals surface area contributed by atoms with Crippen molar-refractivity contribution in [2.75, 3.05) is 27.8 Å². The standard InChI is InChI=1S/C22H26N2O3/c1-15(22(25)18-14-23-19-8-6-5-7-17(18)19)24(2)12-11-16-9-10-20(26-3)21(13-16)27-4/h5-10,13-15,23H,11-12H2,1-4H3/t15-/m1/s1. The van der Waals surface area contributed by atoms with Crippen LogP contribution in [0.5, 0.6) is 11.5 Å². The van der Waals surface area contributed by atoms with Crippen LogP contribution >= 0.6 is 0 Å². The number of ether oxygens (including phenoxy) is 2. The van der Waals surface area contributed by atoms with Crippen molar-refractivity contribution >= 4 is 16.7 Å². The van der Waals surface area contributed by atoms with Crippen molar-refractivity contribution < 1.29 is 14.3 Å². The Bertz CT molecular complexity index is 932. The van der Waals surface area contributed by atoms with Gasteiger partial charge in [-0.15, -0.1) is 0 Å². The number of benzene rings is 2. The number of fused-ring (bicyclic) bond motifs is 1. The van der Waals surface area contributed by atoms with Gasteiger partial charge in [0.1, 0.15) is 0 Å². The minimum absolute atomic E-state index is 0.127. The first-order chi connectivity index (χ1) is 13.0. The molecule has 142 valence electrons. The number of carbonyl (C=O) groups excluding carboxylic acids is 1. The van der Waals surface area contributed by atoms with Crippen LogP contribution < -0.4 is 9.47 Å². The number of aromatic amines is 1. The molecule has 0 saturated carbocycles. The van der Waals surface area contributed by atoms with Crippen LogP contribution in [0.3, 0.4) is 0 Å². The fourth-order valence-corrected chi connectivity index (χ4v) is 3.24. The summed E-state index contributed by atoms with van der Waals surface area (Å²) in [5.41, 5.74) is 2.88. The Morgan fingerprint density at radius 1 is 1.11 bits per heavy atom. The minimum Gasteiger partial charge on any atom is -0.493 e. The highest BCUT2D eigenvalue weighted by Crippen LogP contribution is 2.28. The number of H-pyrrole nitrogens is 1. The van der Waals surface area contributed by atoms with Gasteiger partial charge in [0, 0.05) is 29.2 Å². The second-order valence-electron chi connectivity index (χ2n) is 6.71. The van der Waals surface area contributed by atoms with E-state index in [0.717, 1.165) is 46.5 Å². The molecular weight excluding hydrogens is 340 g/mol. The number of likely N-dealkylation sites (N-methyl/N-ethyl adjacent to an activating group) is 1. The number of Topliss-reactive ketones (excluding diaryl/α,β-unsaturated/α-hetero) is 1. The van der Waals surface area contributed by atoms with Crippen LogP contribution in [-0.4, -0.2) is 49.5 Å². The normalized spacial score (nSPS) is 12.3. The predicted molar refractivity (Wildman–Crippen MR) is 108 cm³/mol. The largest absolute Gasteiger partial charge is 0.493 e. The summed E-state index contributed by atoms with van der Waals surface area (Å²) in [5, 5.41) is 0.975. The zero-order valence-electron chi connectivity index (χ0n) is 16.3. The van der Waals surface area contributed by atoms with E-state index in [2.05, 4.69) is 9.88 Å². The summed E-state index contributed by atoms with van der Waals surface area (Å²) < 4.78 is 10.6. The van der Waals surface area contributed by atoms with Gasteiger partial charge in [0.05, 0.1) is 20.3 Å². The first kappa shape index (κ1) is 19.0. The van der Waals surface area contributed by atoms with Gasteiger partial charge >= 0.3 is 0 Å². The van der Waals surface area contributed by atoms with E-state index in [1.807, 2.05) is 62.6 Å². The molecule has 0 saturated heterocycles. The van der Waals surface area contributed by atoms with Crippen molar-refractivity contribution in [1.29, 1.82) is 0 Å². The van der Waals surface area contributed by atoms with Gasteiger partial charge in [-0.1, -0.05) is 24.3 Å². The number of nitrogens with zero attached hydrogens (tertiary/aromatic N) is 1. The van der Waals surface area contributed by atoms with Gasteiger partial charge in [0.2, 0.25) is 0 Å². The lowest BCUT2D eigenvalue weighted by atomic mass is 10.0. The van der Waals surface area contributed by atoms with Crippen LogP contribution in [0.15, 0.2) is 48.7 Å². The number of hydrogen-bond donors (Lipinski definition) is 1. The fourth-order valence-electron chi connectivity index (χ4n) is 3.24. The Morgan fingerprint density at radius 3 is 2.59 bits per heavy atom. The fraction of sp³-hybridized carbons (Fsp3) is 0.318. The van der Waals surface area contributed by atoms with Gasteiger partial charge in [-0.2, -0.15) is 0 Å². The maximum absolute atomic E-state index is 13.0. The molecule has 2 aromatic carbocycles. The van der Waals surface area contributed by atoms with Crippen molar-refractivity contribution in [3.8, 4) is 11.5 Å². The molecule has 0 aliphatic carbocycles. The molecule has 0 bridgehead atoms. The van der Waals surface area contributed by atoms with Gasteiger partial charge in [-0.25, -0.2) is 0 Å². The predicted octanol–water partition coefficient (Wildman–Crippen LogP) is 3.93. The third kappa shape index (κ3) is 3.98. The maximum atomic E-state index is 13.0. The second kappa shape index (κ2) is 8.27. The first-order valence-electron chi connectivity index (χ1n) is 9.06. The van der Waals surface area contributed by atoms with E-state index in [4.69, 9.17) is 9.47 Å². The monoisotopic (exact) mass is 366 g/mol. The number of hydrogen-bond acceptors (Lipinski definition) is 4. The highest BCUT2D eigenvalue weighted by atomic mass is 16.5. The molecule has 0 unspecified atom stereocenters. The molecular formula is C22H26N2O3. The second-order valence-corrected chi connectivity index (χ2v) is 6.71. The number of ketones is 1. The Morgan fingerprint density at radius 2 is 1.85 bits per heavy atom. The van der Waals surface area contributed by atoms with Crippen molar-refractivity contribution in [2.24, 2.45) is 0 Å². The quantitative estimate of drug-likeness (QED) is 0.614. The van der Waals surface area contributed by atoms with E-state index >= 15 is 0 Å². The third-order valence-corrected chi connectivity index (χ3v) is 5.10. The SMILES string of the molecule is COc1ccc(CCN(C)[C@H](C)C(=O)c2c[nH]c3ccccc23)cc1OC. The summed E-state index contributed by atoms with van der Waals surface area (Å²) in [7, 11) is 5.25. The smallest absolute Gasteiger partial charge is 0.181 e. The van der Waals surface area contributed by atoms with E-state index < -0.39 is 0 Å². The highest BCUT2D eigenvalue weighted by Gasteiger charge is 2.22. The molecule has 5 heteroatoms. The molecule has 1 atom stereocenters. The molecule has 0 fully saturated rings. The molecule has 27 heavy (non-hydrogen) atoms. The van der Waals surface area contributed by atoms with Gasteiger partial charge < -0.3 is 14.5 Å². The lowest BCUT2D eigenvalue weighted by Gasteiger charge is -2.23. The Labute approximate surface area is 159 Å².